The van der Waals surface area contributed by atoms with Gasteiger partial charge < -0.3 is 9.64 Å². The van der Waals surface area contributed by atoms with Crippen molar-refractivity contribution in [2.75, 3.05) is 26.0 Å². The summed E-state index contributed by atoms with van der Waals surface area (Å²) in [6.07, 6.45) is 0. The smallest absolute Gasteiger partial charge is 0.262 e. The minimum absolute atomic E-state index is 0.0303. The van der Waals surface area contributed by atoms with Crippen LogP contribution in [-0.2, 0) is 16.1 Å². The summed E-state index contributed by atoms with van der Waals surface area (Å²) < 4.78 is 6.93. The Bertz CT molecular complexity index is 1330. The Balaban J connectivity index is 1.63. The van der Waals surface area contributed by atoms with Gasteiger partial charge in [0.2, 0.25) is 5.91 Å². The molecule has 1 amide bonds. The maximum Gasteiger partial charge on any atom is 0.262 e. The number of amides is 1. The van der Waals surface area contributed by atoms with Crippen molar-refractivity contribution < 1.29 is 9.53 Å². The third-order valence-corrected chi connectivity index (χ3v) is 6.84. The van der Waals surface area contributed by atoms with Crippen molar-refractivity contribution in [3.8, 4) is 0 Å². The number of methoxy groups -OCH3 is 1. The van der Waals surface area contributed by atoms with Gasteiger partial charge in [-0.25, -0.2) is 4.98 Å². The zero-order valence-electron chi connectivity index (χ0n) is 20.0. The van der Waals surface area contributed by atoms with Crippen molar-refractivity contribution >= 4 is 28.6 Å². The second-order valence-electron chi connectivity index (χ2n) is 8.26. The molecule has 3 aromatic carbocycles. The number of hydrogen-bond donors (Lipinski definition) is 0. The van der Waals surface area contributed by atoms with Crippen molar-refractivity contribution in [2.45, 2.75) is 24.7 Å². The van der Waals surface area contributed by atoms with E-state index in [1.165, 1.54) is 11.8 Å². The Kier molecular flexibility index (Phi) is 8.34. The number of hydrogen-bond acceptors (Lipinski definition) is 5. The van der Waals surface area contributed by atoms with Gasteiger partial charge in [-0.2, -0.15) is 0 Å². The zero-order valence-corrected chi connectivity index (χ0v) is 20.8. The van der Waals surface area contributed by atoms with E-state index >= 15 is 0 Å². The van der Waals surface area contributed by atoms with Crippen molar-refractivity contribution in [1.29, 1.82) is 0 Å². The summed E-state index contributed by atoms with van der Waals surface area (Å²) in [4.78, 5) is 33.4. The maximum absolute atomic E-state index is 13.5. The molecule has 180 valence electrons. The zero-order chi connectivity index (χ0) is 24.6. The SMILES string of the molecule is COCCN(Cc1ccccc1)C(=O)CSc1nc2ccccc2c(=O)n1C(C)c1ccccc1. The Morgan fingerprint density at radius 2 is 1.66 bits per heavy atom. The molecule has 0 bridgehead atoms. The van der Waals surface area contributed by atoms with Crippen molar-refractivity contribution in [2.24, 2.45) is 0 Å². The molecule has 1 heterocycles. The fraction of sp³-hybridized carbons (Fsp3) is 0.250. The number of nitrogens with zero attached hydrogens (tertiary/aromatic N) is 3. The first-order chi connectivity index (χ1) is 17.1. The Labute approximate surface area is 209 Å². The summed E-state index contributed by atoms with van der Waals surface area (Å²) in [5.41, 5.74) is 2.58. The number of thioether (sulfide) groups is 1. The third kappa shape index (κ3) is 5.99. The highest BCUT2D eigenvalue weighted by Crippen LogP contribution is 2.25. The first-order valence-corrected chi connectivity index (χ1v) is 12.6. The Morgan fingerprint density at radius 3 is 2.37 bits per heavy atom. The van der Waals surface area contributed by atoms with E-state index in [4.69, 9.17) is 9.72 Å². The average Bonchev–Trinajstić information content (AvgIpc) is 2.90. The van der Waals surface area contributed by atoms with Crippen LogP contribution >= 0.6 is 11.8 Å². The molecular weight excluding hydrogens is 458 g/mol. The van der Waals surface area contributed by atoms with Gasteiger partial charge in [-0.15, -0.1) is 0 Å². The largest absolute Gasteiger partial charge is 0.383 e. The summed E-state index contributed by atoms with van der Waals surface area (Å²) in [5, 5.41) is 1.10. The van der Waals surface area contributed by atoms with E-state index in [1.54, 1.807) is 22.6 Å². The highest BCUT2D eigenvalue weighted by Gasteiger charge is 2.20. The average molecular weight is 488 g/mol. The minimum Gasteiger partial charge on any atom is -0.383 e. The molecule has 7 heteroatoms. The van der Waals surface area contributed by atoms with Crippen LogP contribution in [0.2, 0.25) is 0 Å². The number of benzene rings is 3. The number of carbonyl (C=O) groups excluding carboxylic acids is 1. The standard InChI is InChI=1S/C28H29N3O3S/c1-21(23-13-7-4-8-14-23)31-27(33)24-15-9-10-16-25(24)29-28(31)35-20-26(32)30(17-18-34-2)19-22-11-5-3-6-12-22/h3-16,21H,17-20H2,1-2H3. The molecule has 0 N–H and O–H groups in total. The summed E-state index contributed by atoms with van der Waals surface area (Å²) in [5.74, 6) is 0.139. The molecule has 1 atom stereocenters. The molecule has 1 unspecified atom stereocenters. The van der Waals surface area contributed by atoms with Gasteiger partial charge in [-0.05, 0) is 30.2 Å². The summed E-state index contributed by atoms with van der Waals surface area (Å²) >= 11 is 1.30. The van der Waals surface area contributed by atoms with Crippen LogP contribution in [-0.4, -0.2) is 46.4 Å². The molecule has 0 aliphatic heterocycles. The lowest BCUT2D eigenvalue weighted by atomic mass is 10.1. The molecule has 1 aromatic heterocycles. The number of carbonyl (C=O) groups is 1. The quantitative estimate of drug-likeness (QED) is 0.238. The van der Waals surface area contributed by atoms with Crippen LogP contribution in [0.1, 0.15) is 24.1 Å². The molecule has 0 aliphatic rings. The fourth-order valence-electron chi connectivity index (χ4n) is 3.96. The predicted molar refractivity (Wildman–Crippen MR) is 141 cm³/mol. The van der Waals surface area contributed by atoms with Crippen LogP contribution in [0.3, 0.4) is 0 Å². The number of para-hydroxylation sites is 1. The third-order valence-electron chi connectivity index (χ3n) is 5.90. The van der Waals surface area contributed by atoms with Crippen LogP contribution in [0, 0.1) is 0 Å². The van der Waals surface area contributed by atoms with Gasteiger partial charge in [0.15, 0.2) is 5.16 Å². The number of fused-ring (bicyclic) bond motifs is 1. The normalized spacial score (nSPS) is 11.9. The van der Waals surface area contributed by atoms with Gasteiger partial charge in [0.1, 0.15) is 0 Å². The molecule has 4 aromatic rings. The van der Waals surface area contributed by atoms with Crippen LogP contribution < -0.4 is 5.56 Å². The summed E-state index contributed by atoms with van der Waals surface area (Å²) in [7, 11) is 1.63. The van der Waals surface area contributed by atoms with Gasteiger partial charge in [-0.1, -0.05) is 84.6 Å². The molecule has 4 rings (SSSR count). The van der Waals surface area contributed by atoms with Gasteiger partial charge in [0.05, 0.1) is 29.3 Å². The summed E-state index contributed by atoms with van der Waals surface area (Å²) in [6, 6.07) is 26.9. The first kappa shape index (κ1) is 24.7. The molecule has 0 saturated heterocycles. The Morgan fingerprint density at radius 1 is 1.00 bits per heavy atom. The highest BCUT2D eigenvalue weighted by atomic mass is 32.2. The molecule has 0 spiro atoms. The lowest BCUT2D eigenvalue weighted by Crippen LogP contribution is -2.35. The van der Waals surface area contributed by atoms with Crippen LogP contribution in [0.25, 0.3) is 10.9 Å². The monoisotopic (exact) mass is 487 g/mol. The van der Waals surface area contributed by atoms with E-state index in [-0.39, 0.29) is 23.3 Å². The van der Waals surface area contributed by atoms with Crippen LogP contribution in [0.4, 0.5) is 0 Å². The van der Waals surface area contributed by atoms with E-state index in [0.29, 0.717) is 35.8 Å². The van der Waals surface area contributed by atoms with Gasteiger partial charge in [0.25, 0.3) is 5.56 Å². The van der Waals surface area contributed by atoms with Crippen molar-refractivity contribution in [3.05, 3.63) is 106 Å². The van der Waals surface area contributed by atoms with Gasteiger partial charge in [0, 0.05) is 20.2 Å². The minimum atomic E-state index is -0.229. The van der Waals surface area contributed by atoms with Gasteiger partial charge >= 0.3 is 0 Å². The maximum atomic E-state index is 13.5. The molecule has 35 heavy (non-hydrogen) atoms. The van der Waals surface area contributed by atoms with E-state index in [9.17, 15) is 9.59 Å². The van der Waals surface area contributed by atoms with E-state index in [2.05, 4.69) is 0 Å². The second-order valence-corrected chi connectivity index (χ2v) is 9.20. The number of ether oxygens (including phenoxy) is 1. The van der Waals surface area contributed by atoms with Crippen molar-refractivity contribution in [1.82, 2.24) is 14.5 Å². The second kappa shape index (κ2) is 11.8. The van der Waals surface area contributed by atoms with Crippen LogP contribution in [0.15, 0.2) is 94.9 Å². The molecule has 0 radical (unpaired) electrons. The Hall–Kier alpha value is -3.42. The molecule has 0 aliphatic carbocycles. The lowest BCUT2D eigenvalue weighted by molar-refractivity contribution is -0.129. The molecule has 0 saturated carbocycles. The molecule has 0 fully saturated rings. The number of aromatic nitrogens is 2. The van der Waals surface area contributed by atoms with Gasteiger partial charge in [-0.3, -0.25) is 14.2 Å². The first-order valence-electron chi connectivity index (χ1n) is 11.6. The highest BCUT2D eigenvalue weighted by molar-refractivity contribution is 7.99. The molecule has 6 nitrogen and oxygen atoms in total. The summed E-state index contributed by atoms with van der Waals surface area (Å²) in [6.45, 7) is 3.43. The fourth-order valence-corrected chi connectivity index (χ4v) is 4.94. The predicted octanol–water partition coefficient (Wildman–Crippen LogP) is 4.77. The lowest BCUT2D eigenvalue weighted by Gasteiger charge is -2.23. The van der Waals surface area contributed by atoms with Crippen molar-refractivity contribution in [3.63, 3.8) is 0 Å². The topological polar surface area (TPSA) is 64.4 Å². The molecular formula is C28H29N3O3S. The van der Waals surface area contributed by atoms with E-state index < -0.39 is 0 Å². The van der Waals surface area contributed by atoms with Crippen LogP contribution in [0.5, 0.6) is 0 Å². The van der Waals surface area contributed by atoms with E-state index in [1.807, 2.05) is 85.8 Å². The number of rotatable bonds is 10. The van der Waals surface area contributed by atoms with E-state index in [0.717, 1.165) is 11.1 Å².